The predicted octanol–water partition coefficient (Wildman–Crippen LogP) is 3.36. The molecule has 0 radical (unpaired) electrons. The zero-order valence-corrected chi connectivity index (χ0v) is 11.9. The molecule has 1 N–H and O–H groups in total. The van der Waals surface area contributed by atoms with Crippen LogP contribution >= 0.6 is 0 Å². The largest absolute Gasteiger partial charge is 0.475 e. The summed E-state index contributed by atoms with van der Waals surface area (Å²) in [4.78, 5) is 15.2. The summed E-state index contributed by atoms with van der Waals surface area (Å²) in [6, 6.07) is 8.43. The fourth-order valence-corrected chi connectivity index (χ4v) is 1.68. The van der Waals surface area contributed by atoms with Gasteiger partial charge >= 0.3 is 17.9 Å². The molecule has 2 rings (SSSR count). The van der Waals surface area contributed by atoms with E-state index in [-0.39, 0.29) is 11.6 Å². The van der Waals surface area contributed by atoms with Crippen LogP contribution in [0.4, 0.5) is 13.2 Å². The molecule has 122 valence electrons. The quantitative estimate of drug-likeness (QED) is 0.853. The lowest BCUT2D eigenvalue weighted by atomic mass is 10.2. The summed E-state index contributed by atoms with van der Waals surface area (Å²) >= 11 is 0. The molecule has 0 saturated heterocycles. The van der Waals surface area contributed by atoms with Crippen LogP contribution in [0.15, 0.2) is 48.7 Å². The fraction of sp³-hybridized carbons (Fsp3) is 0.200. The molecular weight excluding hydrogens is 315 g/mol. The summed E-state index contributed by atoms with van der Waals surface area (Å²) in [7, 11) is 0. The number of carbonyl (C=O) groups is 1. The van der Waals surface area contributed by atoms with Gasteiger partial charge in [-0.25, -0.2) is 9.78 Å². The molecule has 5 nitrogen and oxygen atoms in total. The molecule has 1 unspecified atom stereocenters. The van der Waals surface area contributed by atoms with Crippen molar-refractivity contribution in [3.05, 3.63) is 54.2 Å². The molecule has 0 aliphatic heterocycles. The van der Waals surface area contributed by atoms with Crippen LogP contribution in [0.25, 0.3) is 0 Å². The van der Waals surface area contributed by atoms with Gasteiger partial charge in [0.2, 0.25) is 5.88 Å². The van der Waals surface area contributed by atoms with Gasteiger partial charge in [0.05, 0.1) is 5.56 Å². The average Bonchev–Trinajstić information content (AvgIpc) is 2.47. The zero-order valence-electron chi connectivity index (χ0n) is 11.9. The van der Waals surface area contributed by atoms with Gasteiger partial charge < -0.3 is 14.6 Å². The summed E-state index contributed by atoms with van der Waals surface area (Å²) in [6.45, 7) is 1.07. The molecule has 8 heteroatoms. The van der Waals surface area contributed by atoms with Gasteiger partial charge in [-0.3, -0.25) is 0 Å². The van der Waals surface area contributed by atoms with Crippen LogP contribution in [0, 0.1) is 0 Å². The summed E-state index contributed by atoms with van der Waals surface area (Å²) in [5.74, 6) is -4.08. The first kappa shape index (κ1) is 16.6. The second-order valence-electron chi connectivity index (χ2n) is 4.65. The summed E-state index contributed by atoms with van der Waals surface area (Å²) in [6.07, 6.45) is -3.19. The van der Waals surface area contributed by atoms with Crippen molar-refractivity contribution in [3.8, 4) is 11.6 Å². The van der Waals surface area contributed by atoms with Crippen LogP contribution in [0.5, 0.6) is 11.6 Å². The average molecular weight is 327 g/mol. The number of ether oxygens (including phenoxy) is 2. The van der Waals surface area contributed by atoms with E-state index in [1.165, 1.54) is 18.3 Å². The molecule has 1 heterocycles. The maximum absolute atomic E-state index is 12.7. The van der Waals surface area contributed by atoms with E-state index in [0.29, 0.717) is 6.07 Å². The van der Waals surface area contributed by atoms with Gasteiger partial charge in [-0.1, -0.05) is 12.1 Å². The van der Waals surface area contributed by atoms with Gasteiger partial charge in [0.15, 0.2) is 0 Å². The summed E-state index contributed by atoms with van der Waals surface area (Å²) in [5.41, 5.74) is -0.958. The number of rotatable bonds is 5. The highest BCUT2D eigenvalue weighted by Crippen LogP contribution is 2.32. The fourth-order valence-electron chi connectivity index (χ4n) is 1.68. The topological polar surface area (TPSA) is 68.7 Å². The smallest absolute Gasteiger partial charge is 0.416 e. The van der Waals surface area contributed by atoms with Gasteiger partial charge in [-0.2, -0.15) is 13.2 Å². The standard InChI is InChI=1S/C15H12F3NO4/c1-14(13(20)21,23-12-7-2-3-8-19-12)22-11-6-4-5-10(9-11)15(16,17)18/h2-9H,1H3,(H,20,21). The van der Waals surface area contributed by atoms with Crippen molar-refractivity contribution in [1.82, 2.24) is 4.98 Å². The number of pyridine rings is 1. The second-order valence-corrected chi connectivity index (χ2v) is 4.65. The predicted molar refractivity (Wildman–Crippen MR) is 73.0 cm³/mol. The van der Waals surface area contributed by atoms with Crippen LogP contribution in [0.2, 0.25) is 0 Å². The molecule has 0 spiro atoms. The van der Waals surface area contributed by atoms with E-state index in [1.54, 1.807) is 12.1 Å². The SMILES string of the molecule is CC(Oc1cccc(C(F)(F)F)c1)(Oc1ccccn1)C(=O)O. The minimum atomic E-state index is -4.57. The molecule has 0 bridgehead atoms. The third-order valence-electron chi connectivity index (χ3n) is 2.80. The lowest BCUT2D eigenvalue weighted by Crippen LogP contribution is -2.47. The van der Waals surface area contributed by atoms with Crippen molar-refractivity contribution in [2.24, 2.45) is 0 Å². The highest BCUT2D eigenvalue weighted by atomic mass is 19.4. The Bertz CT molecular complexity index is 691. The maximum atomic E-state index is 12.7. The molecule has 0 amide bonds. The zero-order chi connectivity index (χ0) is 17.1. The van der Waals surface area contributed by atoms with Crippen molar-refractivity contribution in [2.75, 3.05) is 0 Å². The lowest BCUT2D eigenvalue weighted by Gasteiger charge is -2.26. The van der Waals surface area contributed by atoms with Crippen molar-refractivity contribution in [1.29, 1.82) is 0 Å². The number of benzene rings is 1. The normalized spacial score (nSPS) is 13.9. The Morgan fingerprint density at radius 1 is 1.13 bits per heavy atom. The molecule has 1 aromatic carbocycles. The van der Waals surface area contributed by atoms with Gasteiger partial charge in [0, 0.05) is 19.2 Å². The minimum absolute atomic E-state index is 0.0376. The third-order valence-corrected chi connectivity index (χ3v) is 2.80. The second kappa shape index (κ2) is 6.15. The minimum Gasteiger partial charge on any atom is -0.475 e. The van der Waals surface area contributed by atoms with Crippen molar-refractivity contribution >= 4 is 5.97 Å². The molecule has 0 saturated carbocycles. The highest BCUT2D eigenvalue weighted by Gasteiger charge is 2.40. The monoisotopic (exact) mass is 327 g/mol. The molecular formula is C15H12F3NO4. The van der Waals surface area contributed by atoms with Crippen LogP contribution in [0.1, 0.15) is 12.5 Å². The number of hydrogen-bond donors (Lipinski definition) is 1. The Morgan fingerprint density at radius 2 is 1.87 bits per heavy atom. The lowest BCUT2D eigenvalue weighted by molar-refractivity contribution is -0.181. The Labute approximate surface area is 129 Å². The van der Waals surface area contributed by atoms with E-state index in [4.69, 9.17) is 9.47 Å². The van der Waals surface area contributed by atoms with Gasteiger partial charge in [0.25, 0.3) is 0 Å². The maximum Gasteiger partial charge on any atom is 0.416 e. The van der Waals surface area contributed by atoms with Gasteiger partial charge in [0.1, 0.15) is 5.75 Å². The summed E-state index contributed by atoms with van der Waals surface area (Å²) in [5, 5.41) is 9.28. The van der Waals surface area contributed by atoms with E-state index in [1.807, 2.05) is 0 Å². The van der Waals surface area contributed by atoms with E-state index < -0.39 is 23.5 Å². The van der Waals surface area contributed by atoms with E-state index in [2.05, 4.69) is 4.98 Å². The summed E-state index contributed by atoms with van der Waals surface area (Å²) < 4.78 is 48.4. The van der Waals surface area contributed by atoms with Crippen molar-refractivity contribution in [2.45, 2.75) is 18.9 Å². The van der Waals surface area contributed by atoms with Crippen molar-refractivity contribution in [3.63, 3.8) is 0 Å². The van der Waals surface area contributed by atoms with Crippen LogP contribution in [0.3, 0.4) is 0 Å². The number of halogens is 3. The van der Waals surface area contributed by atoms with E-state index in [0.717, 1.165) is 19.1 Å². The van der Waals surface area contributed by atoms with Crippen molar-refractivity contribution < 1.29 is 32.5 Å². The molecule has 23 heavy (non-hydrogen) atoms. The molecule has 0 aliphatic rings. The van der Waals surface area contributed by atoms with Crippen LogP contribution in [-0.2, 0) is 11.0 Å². The molecule has 0 aliphatic carbocycles. The first-order valence-corrected chi connectivity index (χ1v) is 6.40. The first-order valence-electron chi connectivity index (χ1n) is 6.40. The highest BCUT2D eigenvalue weighted by molar-refractivity contribution is 5.76. The Morgan fingerprint density at radius 3 is 2.43 bits per heavy atom. The number of carboxylic acids is 1. The van der Waals surface area contributed by atoms with E-state index in [9.17, 15) is 23.1 Å². The first-order chi connectivity index (χ1) is 10.7. The van der Waals surface area contributed by atoms with Crippen LogP contribution < -0.4 is 9.47 Å². The van der Waals surface area contributed by atoms with E-state index >= 15 is 0 Å². The Kier molecular flexibility index (Phi) is 4.44. The van der Waals surface area contributed by atoms with Gasteiger partial charge in [-0.05, 0) is 24.3 Å². The van der Waals surface area contributed by atoms with Crippen LogP contribution in [-0.4, -0.2) is 21.8 Å². The Hall–Kier alpha value is -2.77. The molecule has 2 aromatic rings. The number of hydrogen-bond acceptors (Lipinski definition) is 4. The van der Waals surface area contributed by atoms with Gasteiger partial charge in [-0.15, -0.1) is 0 Å². The number of aliphatic carboxylic acids is 1. The Balaban J connectivity index is 2.28. The number of nitrogens with zero attached hydrogens (tertiary/aromatic N) is 1. The molecule has 0 fully saturated rings. The number of aromatic nitrogens is 1. The number of alkyl halides is 3. The molecule has 1 aromatic heterocycles. The molecule has 1 atom stereocenters. The number of carboxylic acid groups (broad SMARTS) is 1. The third kappa shape index (κ3) is 4.12.